The van der Waals surface area contributed by atoms with Gasteiger partial charge in [0.15, 0.2) is 0 Å². The van der Waals surface area contributed by atoms with Crippen molar-refractivity contribution in [1.29, 1.82) is 0 Å². The first-order chi connectivity index (χ1) is 19.0. The SMILES string of the molecule is Cn1nc2c3c(c(NC(=O)c4nsc5c(F)cc(F)cc45)cc2c1CC(F)F)C(c1cc(F)ccc1Cl)NC3=O. The van der Waals surface area contributed by atoms with Crippen LogP contribution < -0.4 is 10.6 Å². The zero-order valence-corrected chi connectivity index (χ0v) is 21.7. The molecule has 1 aliphatic rings. The molecule has 0 fully saturated rings. The third-order valence-corrected chi connectivity index (χ3v) is 7.87. The maximum absolute atomic E-state index is 14.2. The van der Waals surface area contributed by atoms with Gasteiger partial charge in [0.25, 0.3) is 11.8 Å². The zero-order valence-electron chi connectivity index (χ0n) is 20.2. The fraction of sp³-hybridized carbons (Fsp3) is 0.154. The molecular formula is C26H15ClF5N5O2S. The molecule has 1 aliphatic heterocycles. The van der Waals surface area contributed by atoms with Crippen LogP contribution in [0.1, 0.15) is 43.7 Å². The summed E-state index contributed by atoms with van der Waals surface area (Å²) in [6.45, 7) is 0. The molecule has 0 radical (unpaired) electrons. The standard InChI is InChI=1S/C26H15ClF5N5O2S/c1-37-17(8-18(31)32)12-7-16(33-26(39)23-13-5-10(29)6-15(30)24(13)40-36-23)19-20(22(12)35-37)25(38)34-21(19)11-4-9(28)2-3-14(11)27/h2-7,18,21H,8H2,1H3,(H,33,39)(H,34,38). The van der Waals surface area contributed by atoms with Crippen molar-refractivity contribution in [2.75, 3.05) is 5.32 Å². The molecule has 3 aromatic carbocycles. The van der Waals surface area contributed by atoms with Crippen LogP contribution in [0.5, 0.6) is 0 Å². The van der Waals surface area contributed by atoms with Crippen LogP contribution in [0, 0.1) is 17.5 Å². The highest BCUT2D eigenvalue weighted by molar-refractivity contribution is 7.13. The van der Waals surface area contributed by atoms with Crippen molar-refractivity contribution < 1.29 is 31.5 Å². The molecule has 1 unspecified atom stereocenters. The van der Waals surface area contributed by atoms with E-state index in [1.807, 2.05) is 0 Å². The Morgan fingerprint density at radius 2 is 1.93 bits per heavy atom. The number of hydrogen-bond donors (Lipinski definition) is 2. The van der Waals surface area contributed by atoms with Gasteiger partial charge in [-0.2, -0.15) is 9.47 Å². The number of halogens is 6. The summed E-state index contributed by atoms with van der Waals surface area (Å²) in [6.07, 6.45) is -3.42. The van der Waals surface area contributed by atoms with E-state index in [-0.39, 0.29) is 59.8 Å². The number of carbonyl (C=O) groups excluding carboxylic acids is 2. The number of aryl methyl sites for hydroxylation is 1. The molecule has 0 bridgehead atoms. The van der Waals surface area contributed by atoms with Gasteiger partial charge in [-0.3, -0.25) is 14.3 Å². The van der Waals surface area contributed by atoms with Gasteiger partial charge in [-0.1, -0.05) is 11.6 Å². The Kier molecular flexibility index (Phi) is 6.22. The highest BCUT2D eigenvalue weighted by atomic mass is 35.5. The summed E-state index contributed by atoms with van der Waals surface area (Å²) in [6, 6.07) is 5.53. The highest BCUT2D eigenvalue weighted by Crippen LogP contribution is 2.43. The predicted octanol–water partition coefficient (Wildman–Crippen LogP) is 6.15. The van der Waals surface area contributed by atoms with Gasteiger partial charge in [-0.25, -0.2) is 22.0 Å². The van der Waals surface area contributed by atoms with Crippen molar-refractivity contribution in [3.8, 4) is 0 Å². The van der Waals surface area contributed by atoms with E-state index in [1.165, 1.54) is 23.9 Å². The Morgan fingerprint density at radius 1 is 1.15 bits per heavy atom. The lowest BCUT2D eigenvalue weighted by atomic mass is 9.93. The highest BCUT2D eigenvalue weighted by Gasteiger charge is 2.38. The molecule has 2 aromatic heterocycles. The molecule has 204 valence electrons. The number of rotatable bonds is 5. The van der Waals surface area contributed by atoms with Crippen LogP contribution in [0.15, 0.2) is 36.4 Å². The molecule has 6 rings (SSSR count). The fourth-order valence-electron chi connectivity index (χ4n) is 4.98. The van der Waals surface area contributed by atoms with Crippen LogP contribution in [0.2, 0.25) is 5.02 Å². The lowest BCUT2D eigenvalue weighted by Gasteiger charge is -2.18. The molecule has 7 nitrogen and oxygen atoms in total. The average molecular weight is 592 g/mol. The molecule has 2 amide bonds. The summed E-state index contributed by atoms with van der Waals surface area (Å²) in [5, 5.41) is 9.85. The second-order valence-corrected chi connectivity index (χ2v) is 10.3. The average Bonchev–Trinajstić information content (AvgIpc) is 3.55. The Morgan fingerprint density at radius 3 is 2.67 bits per heavy atom. The van der Waals surface area contributed by atoms with Crippen molar-refractivity contribution in [3.63, 3.8) is 0 Å². The van der Waals surface area contributed by atoms with Gasteiger partial charge < -0.3 is 10.6 Å². The molecule has 40 heavy (non-hydrogen) atoms. The number of carbonyl (C=O) groups is 2. The number of anilines is 1. The molecule has 3 heterocycles. The summed E-state index contributed by atoms with van der Waals surface area (Å²) in [5.41, 5.74) is 0.233. The van der Waals surface area contributed by atoms with Crippen LogP contribution in [-0.4, -0.2) is 32.4 Å². The molecule has 5 aromatic rings. The van der Waals surface area contributed by atoms with Gasteiger partial charge in [0.1, 0.15) is 28.7 Å². The Labute approximate surface area is 230 Å². The monoisotopic (exact) mass is 591 g/mol. The molecule has 0 saturated heterocycles. The van der Waals surface area contributed by atoms with E-state index in [0.717, 1.165) is 18.2 Å². The van der Waals surface area contributed by atoms with E-state index in [1.54, 1.807) is 0 Å². The molecular weight excluding hydrogens is 577 g/mol. The number of alkyl halides is 2. The van der Waals surface area contributed by atoms with Gasteiger partial charge in [-0.15, -0.1) is 0 Å². The van der Waals surface area contributed by atoms with Gasteiger partial charge in [-0.05, 0) is 41.9 Å². The molecule has 0 spiro atoms. The van der Waals surface area contributed by atoms with E-state index < -0.39 is 48.2 Å². The summed E-state index contributed by atoms with van der Waals surface area (Å²) in [4.78, 5) is 26.7. The first-order valence-corrected chi connectivity index (χ1v) is 12.8. The number of hydrogen-bond acceptors (Lipinski definition) is 5. The Hall–Kier alpha value is -4.10. The van der Waals surface area contributed by atoms with Gasteiger partial charge >= 0.3 is 0 Å². The minimum atomic E-state index is -2.73. The molecule has 2 N–H and O–H groups in total. The number of aromatic nitrogens is 3. The Balaban J connectivity index is 1.57. The number of nitrogens with zero attached hydrogens (tertiary/aromatic N) is 3. The minimum absolute atomic E-state index is 0.00211. The van der Waals surface area contributed by atoms with Crippen LogP contribution in [0.25, 0.3) is 21.0 Å². The second kappa shape index (κ2) is 9.52. The van der Waals surface area contributed by atoms with E-state index in [9.17, 15) is 31.5 Å². The first kappa shape index (κ1) is 26.1. The van der Waals surface area contributed by atoms with Gasteiger partial charge in [0, 0.05) is 45.7 Å². The molecule has 14 heteroatoms. The summed E-state index contributed by atoms with van der Waals surface area (Å²) >= 11 is 7.00. The van der Waals surface area contributed by atoms with Crippen molar-refractivity contribution >= 4 is 61.6 Å². The Bertz CT molecular complexity index is 1890. The number of amides is 2. The molecule has 0 saturated carbocycles. The zero-order chi connectivity index (χ0) is 28.5. The number of fused-ring (bicyclic) bond motifs is 4. The topological polar surface area (TPSA) is 88.9 Å². The van der Waals surface area contributed by atoms with Crippen molar-refractivity contribution in [3.05, 3.63) is 87.0 Å². The summed E-state index contributed by atoms with van der Waals surface area (Å²) in [5.74, 6) is -3.96. The maximum Gasteiger partial charge on any atom is 0.276 e. The van der Waals surface area contributed by atoms with E-state index in [2.05, 4.69) is 20.1 Å². The lowest BCUT2D eigenvalue weighted by molar-refractivity contribution is 0.0960. The third kappa shape index (κ3) is 4.16. The lowest BCUT2D eigenvalue weighted by Crippen LogP contribution is -2.21. The van der Waals surface area contributed by atoms with Crippen LogP contribution in [-0.2, 0) is 13.5 Å². The van der Waals surface area contributed by atoms with Crippen LogP contribution in [0.3, 0.4) is 0 Å². The van der Waals surface area contributed by atoms with Crippen molar-refractivity contribution in [1.82, 2.24) is 19.5 Å². The van der Waals surface area contributed by atoms with E-state index >= 15 is 0 Å². The smallest absolute Gasteiger partial charge is 0.276 e. The molecule has 1 atom stereocenters. The quantitative estimate of drug-likeness (QED) is 0.240. The predicted molar refractivity (Wildman–Crippen MR) is 139 cm³/mol. The second-order valence-electron chi connectivity index (χ2n) is 9.10. The third-order valence-electron chi connectivity index (χ3n) is 6.65. The van der Waals surface area contributed by atoms with E-state index in [4.69, 9.17) is 11.6 Å². The fourth-order valence-corrected chi connectivity index (χ4v) is 5.97. The molecule has 0 aliphatic carbocycles. The maximum atomic E-state index is 14.2. The van der Waals surface area contributed by atoms with Gasteiger partial charge in [0.2, 0.25) is 6.43 Å². The summed E-state index contributed by atoms with van der Waals surface area (Å²) in [7, 11) is 1.45. The van der Waals surface area contributed by atoms with Crippen molar-refractivity contribution in [2.24, 2.45) is 7.05 Å². The van der Waals surface area contributed by atoms with Gasteiger partial charge in [0.05, 0.1) is 28.4 Å². The first-order valence-electron chi connectivity index (χ1n) is 11.7. The number of benzene rings is 3. The normalized spacial score (nSPS) is 14.8. The van der Waals surface area contributed by atoms with Crippen molar-refractivity contribution in [2.45, 2.75) is 18.9 Å². The van der Waals surface area contributed by atoms with Crippen LogP contribution in [0.4, 0.5) is 27.6 Å². The van der Waals surface area contributed by atoms with Crippen LogP contribution >= 0.6 is 23.1 Å². The largest absolute Gasteiger partial charge is 0.341 e. The number of nitrogens with one attached hydrogen (secondary N) is 2. The summed E-state index contributed by atoms with van der Waals surface area (Å²) < 4.78 is 74.4. The minimum Gasteiger partial charge on any atom is -0.341 e. The van der Waals surface area contributed by atoms with E-state index in [0.29, 0.717) is 17.6 Å².